The van der Waals surface area contributed by atoms with Crippen molar-refractivity contribution in [2.75, 3.05) is 0 Å². The number of hydrogen-bond acceptors (Lipinski definition) is 6. The largest absolute Gasteiger partial charge is 0.459 e. The normalized spacial score (nSPS) is 25.9. The molecule has 0 aromatic heterocycles. The molecule has 8 heteroatoms. The second-order valence-electron chi connectivity index (χ2n) is 8.32. The lowest BCUT2D eigenvalue weighted by Crippen LogP contribution is -2.71. The fourth-order valence-electron chi connectivity index (χ4n) is 4.48. The summed E-state index contributed by atoms with van der Waals surface area (Å²) in [5.74, 6) is -1.82. The molecule has 0 N–H and O–H groups in total. The van der Waals surface area contributed by atoms with Crippen LogP contribution in [0.1, 0.15) is 40.1 Å². The number of rotatable bonds is 4. The van der Waals surface area contributed by atoms with Gasteiger partial charge in [-0.3, -0.25) is 19.3 Å². The molecule has 3 heterocycles. The van der Waals surface area contributed by atoms with Crippen LogP contribution in [0.5, 0.6) is 0 Å². The zero-order chi connectivity index (χ0) is 21.9. The Morgan fingerprint density at radius 2 is 1.55 bits per heavy atom. The summed E-state index contributed by atoms with van der Waals surface area (Å²) in [5.41, 5.74) is 1.47. The van der Waals surface area contributed by atoms with Crippen molar-refractivity contribution in [3.63, 3.8) is 0 Å². The minimum Gasteiger partial charge on any atom is -0.459 e. The first-order valence-corrected chi connectivity index (χ1v) is 10.9. The van der Waals surface area contributed by atoms with E-state index >= 15 is 0 Å². The van der Waals surface area contributed by atoms with Gasteiger partial charge in [-0.2, -0.15) is 0 Å². The fraction of sp³-hybridized carbons (Fsp3) is 0.304. The maximum atomic E-state index is 13.1. The number of nitrogens with zero attached hydrogens (tertiary/aromatic N) is 2. The summed E-state index contributed by atoms with van der Waals surface area (Å²) in [6.07, 6.45) is 0. The van der Waals surface area contributed by atoms with Crippen LogP contribution in [-0.2, 0) is 20.9 Å². The molecule has 0 bridgehead atoms. The Morgan fingerprint density at radius 3 is 2.16 bits per heavy atom. The number of imide groups is 1. The molecule has 0 saturated carbocycles. The Kier molecular flexibility index (Phi) is 4.44. The summed E-state index contributed by atoms with van der Waals surface area (Å²) in [6.45, 7) is 3.86. The number of ether oxygens (including phenoxy) is 1. The van der Waals surface area contributed by atoms with Crippen molar-refractivity contribution in [3.8, 4) is 0 Å². The van der Waals surface area contributed by atoms with E-state index in [1.54, 1.807) is 24.3 Å². The van der Waals surface area contributed by atoms with E-state index in [0.717, 1.165) is 10.5 Å². The maximum absolute atomic E-state index is 13.1. The number of hydrogen-bond donors (Lipinski definition) is 0. The number of carbonyl (C=O) groups is 4. The molecule has 2 aromatic carbocycles. The molecule has 0 radical (unpaired) electrons. The second kappa shape index (κ2) is 6.95. The predicted octanol–water partition coefficient (Wildman–Crippen LogP) is 2.46. The highest BCUT2D eigenvalue weighted by molar-refractivity contribution is 8.01. The first-order valence-electron chi connectivity index (χ1n) is 9.99. The van der Waals surface area contributed by atoms with E-state index in [0.29, 0.717) is 11.1 Å². The molecule has 0 aliphatic carbocycles. The van der Waals surface area contributed by atoms with Gasteiger partial charge in [0.1, 0.15) is 24.1 Å². The molecule has 5 rings (SSSR count). The van der Waals surface area contributed by atoms with Crippen molar-refractivity contribution in [2.24, 2.45) is 0 Å². The van der Waals surface area contributed by atoms with E-state index in [1.165, 1.54) is 16.7 Å². The highest BCUT2D eigenvalue weighted by atomic mass is 32.2. The van der Waals surface area contributed by atoms with Gasteiger partial charge in [-0.25, -0.2) is 4.79 Å². The van der Waals surface area contributed by atoms with Gasteiger partial charge in [0.2, 0.25) is 0 Å². The maximum Gasteiger partial charge on any atom is 0.330 e. The molecule has 2 aromatic rings. The van der Waals surface area contributed by atoms with Crippen LogP contribution in [0.4, 0.5) is 0 Å². The number of amides is 3. The number of thioether (sulfide) groups is 1. The molecule has 3 aliphatic heterocycles. The van der Waals surface area contributed by atoms with E-state index in [-0.39, 0.29) is 6.61 Å². The molecule has 2 fully saturated rings. The van der Waals surface area contributed by atoms with Gasteiger partial charge in [-0.05, 0) is 31.5 Å². The third-order valence-electron chi connectivity index (χ3n) is 5.96. The fourth-order valence-corrected chi connectivity index (χ4v) is 6.15. The van der Waals surface area contributed by atoms with Crippen molar-refractivity contribution in [2.45, 2.75) is 42.7 Å². The van der Waals surface area contributed by atoms with Crippen LogP contribution in [-0.4, -0.2) is 55.7 Å². The smallest absolute Gasteiger partial charge is 0.330 e. The molecule has 31 heavy (non-hydrogen) atoms. The van der Waals surface area contributed by atoms with E-state index in [2.05, 4.69) is 0 Å². The van der Waals surface area contributed by atoms with Gasteiger partial charge in [0.05, 0.1) is 11.1 Å². The molecule has 3 atom stereocenters. The Morgan fingerprint density at radius 1 is 0.968 bits per heavy atom. The molecule has 3 aliphatic rings. The Labute approximate surface area is 183 Å². The number of fused-ring (bicyclic) bond motifs is 2. The quantitative estimate of drug-likeness (QED) is 0.416. The topological polar surface area (TPSA) is 84.0 Å². The Hall–Kier alpha value is -3.13. The molecule has 1 unspecified atom stereocenters. The van der Waals surface area contributed by atoms with Gasteiger partial charge >= 0.3 is 5.97 Å². The molecule has 7 nitrogen and oxygen atoms in total. The number of esters is 1. The van der Waals surface area contributed by atoms with Crippen LogP contribution >= 0.6 is 11.8 Å². The average molecular weight is 436 g/mol. The Bertz CT molecular complexity index is 1080. The zero-order valence-corrected chi connectivity index (χ0v) is 17.8. The van der Waals surface area contributed by atoms with Gasteiger partial charge in [0.15, 0.2) is 0 Å². The van der Waals surface area contributed by atoms with Gasteiger partial charge in [-0.1, -0.05) is 42.5 Å². The average Bonchev–Trinajstić information content (AvgIpc) is 3.16. The van der Waals surface area contributed by atoms with E-state index < -0.39 is 45.9 Å². The lowest BCUT2D eigenvalue weighted by Gasteiger charge is -2.46. The third-order valence-corrected chi connectivity index (χ3v) is 7.52. The third kappa shape index (κ3) is 2.89. The van der Waals surface area contributed by atoms with Crippen LogP contribution in [0.2, 0.25) is 0 Å². The molecule has 0 spiro atoms. The lowest BCUT2D eigenvalue weighted by molar-refractivity contribution is -0.166. The minimum absolute atomic E-state index is 0.117. The van der Waals surface area contributed by atoms with Crippen LogP contribution in [0.15, 0.2) is 54.6 Å². The SMILES string of the molecule is CC1(C)S[C@@H]2[C@H](N3C(=O)c4ccccc4C3=O)C(=O)N2C1C(=O)OCc1ccccc1. The van der Waals surface area contributed by atoms with Crippen LogP contribution in [0.3, 0.4) is 0 Å². The molecular weight excluding hydrogens is 416 g/mol. The highest BCUT2D eigenvalue weighted by Gasteiger charge is 2.67. The lowest BCUT2D eigenvalue weighted by atomic mass is 9.95. The Balaban J connectivity index is 1.36. The van der Waals surface area contributed by atoms with Gasteiger partial charge in [0, 0.05) is 4.75 Å². The van der Waals surface area contributed by atoms with Crippen LogP contribution in [0.25, 0.3) is 0 Å². The highest BCUT2D eigenvalue weighted by Crippen LogP contribution is 2.53. The van der Waals surface area contributed by atoms with E-state index in [4.69, 9.17) is 4.74 Å². The van der Waals surface area contributed by atoms with E-state index in [9.17, 15) is 19.2 Å². The van der Waals surface area contributed by atoms with Gasteiger partial charge < -0.3 is 9.64 Å². The summed E-state index contributed by atoms with van der Waals surface area (Å²) in [6, 6.07) is 14.2. The second-order valence-corrected chi connectivity index (χ2v) is 10.1. The number of carbonyl (C=O) groups excluding carboxylic acids is 4. The van der Waals surface area contributed by atoms with E-state index in [1.807, 2.05) is 44.2 Å². The van der Waals surface area contributed by atoms with Crippen LogP contribution < -0.4 is 0 Å². The zero-order valence-electron chi connectivity index (χ0n) is 17.0. The summed E-state index contributed by atoms with van der Waals surface area (Å²) in [7, 11) is 0. The van der Waals surface area contributed by atoms with Gasteiger partial charge in [0.25, 0.3) is 17.7 Å². The van der Waals surface area contributed by atoms with Crippen molar-refractivity contribution in [1.82, 2.24) is 9.80 Å². The number of β-lactam (4-membered cyclic amide) rings is 1. The van der Waals surface area contributed by atoms with Crippen molar-refractivity contribution < 1.29 is 23.9 Å². The van der Waals surface area contributed by atoms with Gasteiger partial charge in [-0.15, -0.1) is 11.8 Å². The monoisotopic (exact) mass is 436 g/mol. The minimum atomic E-state index is -0.913. The standard InChI is InChI=1S/C23H20N2O5S/c1-23(2)17(22(29)30-12-13-8-4-3-5-9-13)25-20(28)16(21(25)31-23)24-18(26)14-10-6-7-11-15(14)19(24)27/h3-11,16-17,21H,12H2,1-2H3/t16-,17?,21-/m1/s1. The van der Waals surface area contributed by atoms with Crippen molar-refractivity contribution in [1.29, 1.82) is 0 Å². The first kappa shape index (κ1) is 19.8. The summed E-state index contributed by atoms with van der Waals surface area (Å²) >= 11 is 1.42. The predicted molar refractivity (Wildman–Crippen MR) is 113 cm³/mol. The number of benzene rings is 2. The van der Waals surface area contributed by atoms with Crippen molar-refractivity contribution >= 4 is 35.5 Å². The molecule has 158 valence electrons. The van der Waals surface area contributed by atoms with Crippen molar-refractivity contribution in [3.05, 3.63) is 71.3 Å². The summed E-state index contributed by atoms with van der Waals surface area (Å²) < 4.78 is 4.89. The summed E-state index contributed by atoms with van der Waals surface area (Å²) in [5, 5.41) is -0.473. The van der Waals surface area contributed by atoms with Crippen LogP contribution in [0, 0.1) is 0 Å². The first-order chi connectivity index (χ1) is 14.8. The molecule has 3 amide bonds. The molecular formula is C23H20N2O5S. The summed E-state index contributed by atoms with van der Waals surface area (Å²) in [4.78, 5) is 54.2. The molecule has 2 saturated heterocycles.